The van der Waals surface area contributed by atoms with E-state index in [0.29, 0.717) is 4.70 Å². The number of H-pyrrole nitrogens is 1. The lowest BCUT2D eigenvalue weighted by Gasteiger charge is -1.96. The first kappa shape index (κ1) is 10.4. The first-order valence-electron chi connectivity index (χ1n) is 5.55. The quantitative estimate of drug-likeness (QED) is 0.754. The zero-order valence-corrected chi connectivity index (χ0v) is 10.2. The Bertz CT molecular complexity index is 744. The highest BCUT2D eigenvalue weighted by atomic mass is 32.1. The average Bonchev–Trinajstić information content (AvgIpc) is 2.69. The van der Waals surface area contributed by atoms with Gasteiger partial charge in [0.05, 0.1) is 11.8 Å². The molecule has 0 saturated carbocycles. The molecule has 3 rings (SSSR count). The van der Waals surface area contributed by atoms with Crippen molar-refractivity contribution < 1.29 is 0 Å². The maximum absolute atomic E-state index is 11.6. The summed E-state index contributed by atoms with van der Waals surface area (Å²) in [7, 11) is 0. The second-order valence-corrected chi connectivity index (χ2v) is 4.92. The van der Waals surface area contributed by atoms with Gasteiger partial charge in [-0.2, -0.15) is 0 Å². The third-order valence-electron chi connectivity index (χ3n) is 2.69. The highest BCUT2D eigenvalue weighted by Gasteiger charge is 2.10. The molecule has 5 heteroatoms. The fourth-order valence-corrected chi connectivity index (χ4v) is 2.94. The van der Waals surface area contributed by atoms with Gasteiger partial charge < -0.3 is 4.98 Å². The molecule has 0 fully saturated rings. The monoisotopic (exact) mass is 245 g/mol. The van der Waals surface area contributed by atoms with Gasteiger partial charge in [0.15, 0.2) is 0 Å². The molecule has 0 aliphatic rings. The zero-order chi connectivity index (χ0) is 11.8. The molecule has 0 unspecified atom stereocenters. The summed E-state index contributed by atoms with van der Waals surface area (Å²) >= 11 is 1.41. The minimum Gasteiger partial charge on any atom is -0.312 e. The van der Waals surface area contributed by atoms with E-state index in [0.717, 1.165) is 34.3 Å². The molecule has 86 valence electrons. The Balaban J connectivity index is 2.35. The number of aryl methyl sites for hydroxylation is 1. The van der Waals surface area contributed by atoms with Crippen LogP contribution in [-0.2, 0) is 6.42 Å². The lowest BCUT2D eigenvalue weighted by atomic mass is 10.2. The zero-order valence-electron chi connectivity index (χ0n) is 9.36. The van der Waals surface area contributed by atoms with Crippen LogP contribution < -0.4 is 5.56 Å². The molecule has 0 bridgehead atoms. The first-order valence-corrected chi connectivity index (χ1v) is 6.37. The first-order chi connectivity index (χ1) is 8.29. The van der Waals surface area contributed by atoms with E-state index in [4.69, 9.17) is 0 Å². The van der Waals surface area contributed by atoms with E-state index < -0.39 is 0 Å². The second kappa shape index (κ2) is 3.92. The van der Waals surface area contributed by atoms with E-state index in [1.165, 1.54) is 17.7 Å². The van der Waals surface area contributed by atoms with Gasteiger partial charge in [-0.25, -0.2) is 9.97 Å². The Kier molecular flexibility index (Phi) is 2.40. The van der Waals surface area contributed by atoms with Crippen LogP contribution >= 0.6 is 11.3 Å². The highest BCUT2D eigenvalue weighted by Crippen LogP contribution is 2.28. The lowest BCUT2D eigenvalue weighted by molar-refractivity contribution is 0.891. The fourth-order valence-electron chi connectivity index (χ4n) is 1.90. The molecule has 3 heterocycles. The minimum absolute atomic E-state index is 0.0879. The van der Waals surface area contributed by atoms with E-state index in [1.54, 1.807) is 0 Å². The Labute approximate surface area is 101 Å². The third kappa shape index (κ3) is 1.63. The Morgan fingerprint density at radius 3 is 3.12 bits per heavy atom. The standard InChI is InChI=1S/C12H11N3OS/c1-2-3-7-4-5-8-9-10(17-12(8)15-7)11(16)14-6-13-9/h4-6H,2-3H2,1H3,(H,13,14,16). The smallest absolute Gasteiger partial charge is 0.268 e. The molecule has 0 spiro atoms. The summed E-state index contributed by atoms with van der Waals surface area (Å²) < 4.78 is 0.656. The summed E-state index contributed by atoms with van der Waals surface area (Å²) in [6, 6.07) is 4.03. The predicted molar refractivity (Wildman–Crippen MR) is 69.5 cm³/mol. The van der Waals surface area contributed by atoms with E-state index >= 15 is 0 Å². The summed E-state index contributed by atoms with van der Waals surface area (Å²) in [6.07, 6.45) is 3.48. The van der Waals surface area contributed by atoms with Crippen LogP contribution in [0.3, 0.4) is 0 Å². The van der Waals surface area contributed by atoms with E-state index in [2.05, 4.69) is 21.9 Å². The molecule has 3 aromatic rings. The van der Waals surface area contributed by atoms with E-state index in [1.807, 2.05) is 12.1 Å². The summed E-state index contributed by atoms with van der Waals surface area (Å²) in [6.45, 7) is 2.13. The van der Waals surface area contributed by atoms with Crippen LogP contribution in [-0.4, -0.2) is 15.0 Å². The topological polar surface area (TPSA) is 58.6 Å². The Hall–Kier alpha value is -1.75. The molecular formula is C12H11N3OS. The van der Waals surface area contributed by atoms with Crippen LogP contribution in [0.1, 0.15) is 19.0 Å². The number of fused-ring (bicyclic) bond motifs is 3. The predicted octanol–water partition coefficient (Wildman–Crippen LogP) is 2.49. The van der Waals surface area contributed by atoms with Crippen molar-refractivity contribution in [3.05, 3.63) is 34.5 Å². The van der Waals surface area contributed by atoms with Gasteiger partial charge in [-0.3, -0.25) is 4.79 Å². The number of nitrogens with one attached hydrogen (secondary N) is 1. The Morgan fingerprint density at radius 1 is 1.41 bits per heavy atom. The molecule has 0 aromatic carbocycles. The van der Waals surface area contributed by atoms with Crippen molar-refractivity contribution >= 4 is 31.8 Å². The molecule has 17 heavy (non-hydrogen) atoms. The van der Waals surface area contributed by atoms with Crippen molar-refractivity contribution in [2.75, 3.05) is 0 Å². The molecule has 0 atom stereocenters. The van der Waals surface area contributed by atoms with Crippen molar-refractivity contribution in [2.45, 2.75) is 19.8 Å². The van der Waals surface area contributed by atoms with Crippen LogP contribution in [0.15, 0.2) is 23.3 Å². The normalized spacial score (nSPS) is 11.4. The third-order valence-corrected chi connectivity index (χ3v) is 3.78. The highest BCUT2D eigenvalue weighted by molar-refractivity contribution is 7.25. The summed E-state index contributed by atoms with van der Waals surface area (Å²) in [5.74, 6) is 0. The van der Waals surface area contributed by atoms with Crippen molar-refractivity contribution in [1.29, 1.82) is 0 Å². The SMILES string of the molecule is CCCc1ccc2c(n1)sc1c(=O)[nH]cnc12. The number of pyridine rings is 1. The molecule has 1 N–H and O–H groups in total. The number of aromatic nitrogens is 3. The van der Waals surface area contributed by atoms with Gasteiger partial charge >= 0.3 is 0 Å². The van der Waals surface area contributed by atoms with Gasteiger partial charge in [0.2, 0.25) is 0 Å². The van der Waals surface area contributed by atoms with Gasteiger partial charge in [0, 0.05) is 11.1 Å². The van der Waals surface area contributed by atoms with Crippen molar-refractivity contribution in [2.24, 2.45) is 0 Å². The molecule has 0 amide bonds. The number of thiophene rings is 1. The van der Waals surface area contributed by atoms with Crippen molar-refractivity contribution in [3.8, 4) is 0 Å². The van der Waals surface area contributed by atoms with Crippen LogP contribution in [0, 0.1) is 0 Å². The molecule has 0 saturated heterocycles. The largest absolute Gasteiger partial charge is 0.312 e. The van der Waals surface area contributed by atoms with Crippen LogP contribution in [0.4, 0.5) is 0 Å². The fraction of sp³-hybridized carbons (Fsp3) is 0.250. The number of nitrogens with zero attached hydrogens (tertiary/aromatic N) is 2. The maximum atomic E-state index is 11.6. The molecular weight excluding hydrogens is 234 g/mol. The summed E-state index contributed by atoms with van der Waals surface area (Å²) in [5, 5.41) is 0.968. The van der Waals surface area contributed by atoms with E-state index in [-0.39, 0.29) is 5.56 Å². The van der Waals surface area contributed by atoms with Crippen LogP contribution in [0.5, 0.6) is 0 Å². The summed E-state index contributed by atoms with van der Waals surface area (Å²) in [5.41, 5.74) is 1.74. The number of aromatic amines is 1. The van der Waals surface area contributed by atoms with Gasteiger partial charge in [-0.05, 0) is 18.6 Å². The molecule has 0 radical (unpaired) electrons. The van der Waals surface area contributed by atoms with Gasteiger partial charge in [0.25, 0.3) is 5.56 Å². The van der Waals surface area contributed by atoms with Gasteiger partial charge in [-0.1, -0.05) is 13.3 Å². The summed E-state index contributed by atoms with van der Waals surface area (Å²) in [4.78, 5) is 23.9. The lowest BCUT2D eigenvalue weighted by Crippen LogP contribution is -2.03. The number of hydrogen-bond acceptors (Lipinski definition) is 4. The Morgan fingerprint density at radius 2 is 2.29 bits per heavy atom. The molecule has 4 nitrogen and oxygen atoms in total. The minimum atomic E-state index is -0.0879. The van der Waals surface area contributed by atoms with Crippen LogP contribution in [0.2, 0.25) is 0 Å². The van der Waals surface area contributed by atoms with Gasteiger partial charge in [-0.15, -0.1) is 11.3 Å². The number of hydrogen-bond donors (Lipinski definition) is 1. The van der Waals surface area contributed by atoms with E-state index in [9.17, 15) is 4.79 Å². The average molecular weight is 245 g/mol. The molecule has 0 aliphatic heterocycles. The van der Waals surface area contributed by atoms with Crippen molar-refractivity contribution in [1.82, 2.24) is 15.0 Å². The van der Waals surface area contributed by atoms with Gasteiger partial charge in [0.1, 0.15) is 9.53 Å². The molecule has 0 aliphatic carbocycles. The maximum Gasteiger partial charge on any atom is 0.268 e. The van der Waals surface area contributed by atoms with Crippen molar-refractivity contribution in [3.63, 3.8) is 0 Å². The molecule has 3 aromatic heterocycles. The van der Waals surface area contributed by atoms with Crippen LogP contribution in [0.25, 0.3) is 20.4 Å². The second-order valence-electron chi connectivity index (χ2n) is 3.92. The number of rotatable bonds is 2.